The van der Waals surface area contributed by atoms with Crippen LogP contribution >= 0.6 is 0 Å². The van der Waals surface area contributed by atoms with Crippen molar-refractivity contribution in [1.82, 2.24) is 0 Å². The Morgan fingerprint density at radius 3 is 2.60 bits per heavy atom. The van der Waals surface area contributed by atoms with Crippen LogP contribution in [0.25, 0.3) is 0 Å². The Bertz CT molecular complexity index is 513. The molecule has 2 rings (SSSR count). The number of benzene rings is 2. The Morgan fingerprint density at radius 2 is 1.85 bits per heavy atom. The van der Waals surface area contributed by atoms with E-state index in [1.165, 1.54) is 0 Å². The van der Waals surface area contributed by atoms with E-state index in [1.807, 2.05) is 54.6 Å². The van der Waals surface area contributed by atoms with Crippen molar-refractivity contribution >= 4 is 0 Å². The van der Waals surface area contributed by atoms with Gasteiger partial charge in [0.2, 0.25) is 0 Å². The highest BCUT2D eigenvalue weighted by molar-refractivity contribution is 5.27. The van der Waals surface area contributed by atoms with E-state index in [-0.39, 0.29) is 6.04 Å². The largest absolute Gasteiger partial charge is 0.497 e. The molecular weight excluding hydrogens is 250 g/mol. The summed E-state index contributed by atoms with van der Waals surface area (Å²) >= 11 is 0. The lowest BCUT2D eigenvalue weighted by molar-refractivity contribution is 0.114. The van der Waals surface area contributed by atoms with Crippen LogP contribution in [0.5, 0.6) is 5.75 Å². The molecule has 0 saturated carbocycles. The van der Waals surface area contributed by atoms with E-state index in [1.54, 1.807) is 7.11 Å². The van der Waals surface area contributed by atoms with Gasteiger partial charge in [0, 0.05) is 12.6 Å². The van der Waals surface area contributed by atoms with Crippen molar-refractivity contribution < 1.29 is 9.47 Å². The van der Waals surface area contributed by atoms with Crippen LogP contribution in [0.4, 0.5) is 0 Å². The van der Waals surface area contributed by atoms with Crippen LogP contribution < -0.4 is 10.5 Å². The number of rotatable bonds is 7. The molecule has 2 aromatic rings. The smallest absolute Gasteiger partial charge is 0.119 e. The zero-order chi connectivity index (χ0) is 14.2. The molecule has 106 valence electrons. The normalized spacial score (nSPS) is 12.1. The van der Waals surface area contributed by atoms with Gasteiger partial charge in [0.25, 0.3) is 0 Å². The fraction of sp³-hybridized carbons (Fsp3) is 0.294. The van der Waals surface area contributed by atoms with Crippen LogP contribution in [0.15, 0.2) is 54.6 Å². The molecule has 2 aromatic carbocycles. The van der Waals surface area contributed by atoms with Crippen molar-refractivity contribution in [1.29, 1.82) is 0 Å². The van der Waals surface area contributed by atoms with Crippen molar-refractivity contribution in [3.8, 4) is 5.75 Å². The molecule has 0 heterocycles. The summed E-state index contributed by atoms with van der Waals surface area (Å²) in [5.41, 5.74) is 8.38. The van der Waals surface area contributed by atoms with Gasteiger partial charge in [0.1, 0.15) is 5.75 Å². The monoisotopic (exact) mass is 271 g/mol. The van der Waals surface area contributed by atoms with E-state index in [4.69, 9.17) is 15.2 Å². The van der Waals surface area contributed by atoms with Gasteiger partial charge in [-0.25, -0.2) is 0 Å². The van der Waals surface area contributed by atoms with Gasteiger partial charge in [-0.3, -0.25) is 0 Å². The van der Waals surface area contributed by atoms with Crippen molar-refractivity contribution in [3.63, 3.8) is 0 Å². The summed E-state index contributed by atoms with van der Waals surface area (Å²) in [6.45, 7) is 1.23. The molecule has 0 aromatic heterocycles. The van der Waals surface area contributed by atoms with Crippen LogP contribution in [0, 0.1) is 0 Å². The molecule has 0 bridgehead atoms. The first-order valence-corrected chi connectivity index (χ1v) is 6.81. The summed E-state index contributed by atoms with van der Waals surface area (Å²) in [7, 11) is 1.67. The summed E-state index contributed by atoms with van der Waals surface area (Å²) < 4.78 is 10.9. The highest BCUT2D eigenvalue weighted by atomic mass is 16.5. The number of methoxy groups -OCH3 is 1. The van der Waals surface area contributed by atoms with E-state index >= 15 is 0 Å². The third-order valence-electron chi connectivity index (χ3n) is 3.20. The maximum Gasteiger partial charge on any atom is 0.119 e. The molecule has 3 nitrogen and oxygen atoms in total. The van der Waals surface area contributed by atoms with E-state index in [0.29, 0.717) is 13.2 Å². The molecule has 1 atom stereocenters. The fourth-order valence-corrected chi connectivity index (χ4v) is 2.03. The van der Waals surface area contributed by atoms with E-state index in [2.05, 4.69) is 0 Å². The van der Waals surface area contributed by atoms with Crippen LogP contribution in [-0.4, -0.2) is 13.7 Å². The maximum absolute atomic E-state index is 6.12. The van der Waals surface area contributed by atoms with Crippen LogP contribution in [0.1, 0.15) is 23.6 Å². The van der Waals surface area contributed by atoms with Gasteiger partial charge in [-0.05, 0) is 29.7 Å². The first-order chi connectivity index (χ1) is 9.79. The van der Waals surface area contributed by atoms with Crippen molar-refractivity contribution in [3.05, 3.63) is 65.7 Å². The first-order valence-electron chi connectivity index (χ1n) is 6.81. The lowest BCUT2D eigenvalue weighted by Gasteiger charge is -2.12. The molecule has 0 spiro atoms. The molecule has 1 unspecified atom stereocenters. The highest BCUT2D eigenvalue weighted by Crippen LogP contribution is 2.15. The third-order valence-corrected chi connectivity index (χ3v) is 3.20. The Labute approximate surface area is 120 Å². The highest BCUT2D eigenvalue weighted by Gasteiger charge is 2.05. The lowest BCUT2D eigenvalue weighted by atomic mass is 10.1. The summed E-state index contributed by atoms with van der Waals surface area (Å²) in [5.74, 6) is 0.854. The molecule has 0 aliphatic rings. The second-order valence-electron chi connectivity index (χ2n) is 4.71. The molecule has 0 fully saturated rings. The minimum atomic E-state index is 0.0292. The van der Waals surface area contributed by atoms with Gasteiger partial charge in [0.05, 0.1) is 13.7 Å². The Balaban J connectivity index is 1.73. The Kier molecular flexibility index (Phi) is 5.59. The third kappa shape index (κ3) is 4.37. The fourth-order valence-electron chi connectivity index (χ4n) is 2.03. The average Bonchev–Trinajstić information content (AvgIpc) is 2.52. The summed E-state index contributed by atoms with van der Waals surface area (Å²) in [5, 5.41) is 0. The Hall–Kier alpha value is -1.84. The van der Waals surface area contributed by atoms with Crippen molar-refractivity contribution in [2.24, 2.45) is 5.73 Å². The standard InChI is InChI=1S/C17H21NO2/c1-19-16-9-5-6-14(12-16)13-20-11-10-17(18)15-7-3-2-4-8-15/h2-9,12,17H,10-11,13,18H2,1H3. The van der Waals surface area contributed by atoms with Gasteiger partial charge in [-0.2, -0.15) is 0 Å². The minimum Gasteiger partial charge on any atom is -0.497 e. The Morgan fingerprint density at radius 1 is 1.05 bits per heavy atom. The van der Waals surface area contributed by atoms with Gasteiger partial charge < -0.3 is 15.2 Å². The van der Waals surface area contributed by atoms with Crippen LogP contribution in [0.2, 0.25) is 0 Å². The van der Waals surface area contributed by atoms with E-state index in [0.717, 1.165) is 23.3 Å². The topological polar surface area (TPSA) is 44.5 Å². The van der Waals surface area contributed by atoms with E-state index < -0.39 is 0 Å². The SMILES string of the molecule is COc1cccc(COCCC(N)c2ccccc2)c1. The van der Waals surface area contributed by atoms with E-state index in [9.17, 15) is 0 Å². The summed E-state index contributed by atoms with van der Waals surface area (Å²) in [6, 6.07) is 18.0. The number of hydrogen-bond acceptors (Lipinski definition) is 3. The predicted octanol–water partition coefficient (Wildman–Crippen LogP) is 3.30. The van der Waals surface area contributed by atoms with Gasteiger partial charge >= 0.3 is 0 Å². The molecule has 0 aliphatic carbocycles. The zero-order valence-corrected chi connectivity index (χ0v) is 11.8. The van der Waals surface area contributed by atoms with Gasteiger partial charge in [-0.15, -0.1) is 0 Å². The quantitative estimate of drug-likeness (QED) is 0.786. The van der Waals surface area contributed by atoms with Crippen LogP contribution in [-0.2, 0) is 11.3 Å². The second-order valence-corrected chi connectivity index (χ2v) is 4.71. The predicted molar refractivity (Wildman–Crippen MR) is 80.6 cm³/mol. The van der Waals surface area contributed by atoms with Crippen LogP contribution in [0.3, 0.4) is 0 Å². The second kappa shape index (κ2) is 7.68. The molecule has 0 aliphatic heterocycles. The first kappa shape index (κ1) is 14.6. The van der Waals surface area contributed by atoms with Gasteiger partial charge in [-0.1, -0.05) is 42.5 Å². The van der Waals surface area contributed by atoms with Crippen molar-refractivity contribution in [2.75, 3.05) is 13.7 Å². The molecule has 2 N–H and O–H groups in total. The summed E-state index contributed by atoms with van der Waals surface area (Å²) in [6.07, 6.45) is 0.813. The molecule has 0 saturated heterocycles. The lowest BCUT2D eigenvalue weighted by Crippen LogP contribution is -2.13. The number of hydrogen-bond donors (Lipinski definition) is 1. The summed E-state index contributed by atoms with van der Waals surface area (Å²) in [4.78, 5) is 0. The molecule has 0 radical (unpaired) electrons. The molecule has 20 heavy (non-hydrogen) atoms. The van der Waals surface area contributed by atoms with Crippen molar-refractivity contribution in [2.45, 2.75) is 19.1 Å². The molecule has 3 heteroatoms. The molecule has 0 amide bonds. The zero-order valence-electron chi connectivity index (χ0n) is 11.8. The number of ether oxygens (including phenoxy) is 2. The average molecular weight is 271 g/mol. The molecular formula is C17H21NO2. The minimum absolute atomic E-state index is 0.0292. The van der Waals surface area contributed by atoms with Gasteiger partial charge in [0.15, 0.2) is 0 Å². The maximum atomic E-state index is 6.12. The number of nitrogens with two attached hydrogens (primary N) is 1.